The minimum absolute atomic E-state index is 0.0205. The standard InChI is InChI=1S/C29H44O7/c1-9-11-14-33-22-16-23-26(34-20(5)30)36-27(35-21(6)31)29(23)24(17-22)28(7,13-12-18(3)10-2)19(4)15-25(29)32-8/h10,16,19,22,24-27H,2-3,9,11-15,17H2,1,4-8H3/t19-,22+,24+,25+,26+,27-,28-,29-/m1/s1. The number of carbonyl (C=O) groups is 2. The highest BCUT2D eigenvalue weighted by Gasteiger charge is 2.71. The lowest BCUT2D eigenvalue weighted by Gasteiger charge is -2.61. The first-order valence-electron chi connectivity index (χ1n) is 13.2. The van der Waals surface area contributed by atoms with E-state index in [2.05, 4.69) is 33.9 Å². The van der Waals surface area contributed by atoms with Gasteiger partial charge in [-0.25, -0.2) is 0 Å². The third-order valence-electron chi connectivity index (χ3n) is 8.76. The van der Waals surface area contributed by atoms with Crippen LogP contribution in [-0.2, 0) is 33.3 Å². The van der Waals surface area contributed by atoms with Gasteiger partial charge in [0.2, 0.25) is 12.6 Å². The molecule has 7 heteroatoms. The Labute approximate surface area is 216 Å². The lowest BCUT2D eigenvalue weighted by atomic mass is 9.45. The first-order valence-corrected chi connectivity index (χ1v) is 13.2. The summed E-state index contributed by atoms with van der Waals surface area (Å²) in [7, 11) is 1.69. The van der Waals surface area contributed by atoms with E-state index < -0.39 is 29.9 Å². The molecule has 36 heavy (non-hydrogen) atoms. The molecule has 3 rings (SSSR count). The van der Waals surface area contributed by atoms with Crippen LogP contribution in [0.4, 0.5) is 0 Å². The van der Waals surface area contributed by atoms with E-state index >= 15 is 0 Å². The molecule has 0 amide bonds. The van der Waals surface area contributed by atoms with E-state index in [1.165, 1.54) is 13.8 Å². The zero-order chi connectivity index (χ0) is 26.7. The van der Waals surface area contributed by atoms with E-state index in [0.29, 0.717) is 12.5 Å². The number of unbranched alkanes of at least 4 members (excludes halogenated alkanes) is 1. The van der Waals surface area contributed by atoms with Crippen LogP contribution < -0.4 is 0 Å². The lowest BCUT2D eigenvalue weighted by molar-refractivity contribution is -0.258. The van der Waals surface area contributed by atoms with Gasteiger partial charge < -0.3 is 18.9 Å². The monoisotopic (exact) mass is 504 g/mol. The van der Waals surface area contributed by atoms with Crippen molar-refractivity contribution >= 4 is 11.9 Å². The number of methoxy groups -OCH3 is 1. The predicted molar refractivity (Wildman–Crippen MR) is 137 cm³/mol. The fourth-order valence-corrected chi connectivity index (χ4v) is 6.69. The maximum atomic E-state index is 12.3. The van der Waals surface area contributed by atoms with Crippen LogP contribution >= 0.6 is 0 Å². The Morgan fingerprint density at radius 3 is 2.50 bits per heavy atom. The molecular weight excluding hydrogens is 460 g/mol. The van der Waals surface area contributed by atoms with Gasteiger partial charge in [-0.3, -0.25) is 14.3 Å². The number of hydrogen-bond donors (Lipinski definition) is 0. The van der Waals surface area contributed by atoms with Gasteiger partial charge in [-0.05, 0) is 55.4 Å². The molecule has 8 atom stereocenters. The maximum absolute atomic E-state index is 12.3. The molecule has 0 unspecified atom stereocenters. The van der Waals surface area contributed by atoms with Crippen LogP contribution in [0, 0.1) is 22.7 Å². The van der Waals surface area contributed by atoms with Gasteiger partial charge in [0.15, 0.2) is 0 Å². The van der Waals surface area contributed by atoms with Gasteiger partial charge in [0.1, 0.15) is 0 Å². The second kappa shape index (κ2) is 11.6. The molecule has 0 N–H and O–H groups in total. The molecule has 202 valence electrons. The van der Waals surface area contributed by atoms with Crippen molar-refractivity contribution in [2.45, 2.75) is 97.9 Å². The summed E-state index contributed by atoms with van der Waals surface area (Å²) in [4.78, 5) is 24.3. The number of ether oxygens (including phenoxy) is 5. The van der Waals surface area contributed by atoms with E-state index in [-0.39, 0.29) is 23.5 Å². The first-order chi connectivity index (χ1) is 17.0. The Kier molecular flexibility index (Phi) is 9.23. The predicted octanol–water partition coefficient (Wildman–Crippen LogP) is 5.50. The van der Waals surface area contributed by atoms with E-state index in [4.69, 9.17) is 23.7 Å². The van der Waals surface area contributed by atoms with Gasteiger partial charge in [0, 0.05) is 33.1 Å². The molecular formula is C29H44O7. The van der Waals surface area contributed by atoms with Crippen LogP contribution in [0.2, 0.25) is 0 Å². The van der Waals surface area contributed by atoms with Crippen LogP contribution in [0.5, 0.6) is 0 Å². The molecule has 0 bridgehead atoms. The maximum Gasteiger partial charge on any atom is 0.305 e. The van der Waals surface area contributed by atoms with E-state index in [1.807, 2.05) is 12.2 Å². The van der Waals surface area contributed by atoms with Gasteiger partial charge in [0.25, 0.3) is 0 Å². The molecule has 3 aliphatic rings. The molecule has 0 aromatic rings. The summed E-state index contributed by atoms with van der Waals surface area (Å²) in [6, 6.07) is 0. The molecule has 7 nitrogen and oxygen atoms in total. The van der Waals surface area contributed by atoms with Crippen molar-refractivity contribution in [3.63, 3.8) is 0 Å². The van der Waals surface area contributed by atoms with Gasteiger partial charge >= 0.3 is 11.9 Å². The minimum atomic E-state index is -0.967. The van der Waals surface area contributed by atoms with Gasteiger partial charge in [0.05, 0.1) is 17.6 Å². The normalized spacial score (nSPS) is 37.3. The highest BCUT2D eigenvalue weighted by Crippen LogP contribution is 2.67. The lowest BCUT2D eigenvalue weighted by Crippen LogP contribution is -2.63. The Balaban J connectivity index is 2.19. The Morgan fingerprint density at radius 1 is 1.22 bits per heavy atom. The Bertz CT molecular complexity index is 879. The number of rotatable bonds is 11. The summed E-state index contributed by atoms with van der Waals surface area (Å²) < 4.78 is 30.2. The van der Waals surface area contributed by atoms with E-state index in [9.17, 15) is 9.59 Å². The molecule has 0 aromatic carbocycles. The first kappa shape index (κ1) is 28.6. The molecule has 0 aromatic heterocycles. The molecule has 1 heterocycles. The average Bonchev–Trinajstić information content (AvgIpc) is 3.11. The van der Waals surface area contributed by atoms with Crippen molar-refractivity contribution < 1.29 is 33.3 Å². The molecule has 0 radical (unpaired) electrons. The molecule has 1 saturated heterocycles. The summed E-state index contributed by atoms with van der Waals surface area (Å²) in [5.41, 5.74) is 0.793. The van der Waals surface area contributed by atoms with Crippen LogP contribution in [0.1, 0.15) is 73.1 Å². The summed E-state index contributed by atoms with van der Waals surface area (Å²) in [5.74, 6) is -0.634. The quantitative estimate of drug-likeness (QED) is 0.159. The zero-order valence-corrected chi connectivity index (χ0v) is 22.8. The van der Waals surface area contributed by atoms with Crippen LogP contribution in [0.25, 0.3) is 0 Å². The summed E-state index contributed by atoms with van der Waals surface area (Å²) in [5, 5.41) is 0. The fourth-order valence-electron chi connectivity index (χ4n) is 6.69. The number of allylic oxidation sites excluding steroid dienone is 2. The van der Waals surface area contributed by atoms with Gasteiger partial charge in [-0.2, -0.15) is 0 Å². The molecule has 1 spiro atoms. The summed E-state index contributed by atoms with van der Waals surface area (Å²) in [6.45, 7) is 18.1. The smallest absolute Gasteiger partial charge is 0.305 e. The average molecular weight is 505 g/mol. The minimum Gasteiger partial charge on any atom is -0.435 e. The third kappa shape index (κ3) is 5.20. The largest absolute Gasteiger partial charge is 0.435 e. The van der Waals surface area contributed by atoms with Crippen molar-refractivity contribution in [3.8, 4) is 0 Å². The molecule has 2 aliphatic carbocycles. The number of hydrogen-bond acceptors (Lipinski definition) is 7. The van der Waals surface area contributed by atoms with Crippen molar-refractivity contribution in [1.82, 2.24) is 0 Å². The highest BCUT2D eigenvalue weighted by molar-refractivity contribution is 5.67. The SMILES string of the molecule is C=CC(=C)CC[C@]1(C)[C@H](C)C[C@H](OC)[C@@]23C(=C[C@H](OCCCC)C[C@@H]12)[C@@H](OC(C)=O)O[C@H]3OC(C)=O. The van der Waals surface area contributed by atoms with Crippen molar-refractivity contribution in [3.05, 3.63) is 36.5 Å². The van der Waals surface area contributed by atoms with Crippen molar-refractivity contribution in [2.75, 3.05) is 13.7 Å². The van der Waals surface area contributed by atoms with Crippen LogP contribution in [-0.4, -0.2) is 50.4 Å². The fraction of sp³-hybridized carbons (Fsp3) is 0.724. The highest BCUT2D eigenvalue weighted by atomic mass is 16.8. The second-order valence-electron chi connectivity index (χ2n) is 10.9. The Morgan fingerprint density at radius 2 is 1.92 bits per heavy atom. The van der Waals surface area contributed by atoms with Crippen molar-refractivity contribution in [1.29, 1.82) is 0 Å². The van der Waals surface area contributed by atoms with Gasteiger partial charge in [-0.1, -0.05) is 52.0 Å². The topological polar surface area (TPSA) is 80.3 Å². The Hall–Kier alpha value is -1.96. The van der Waals surface area contributed by atoms with E-state index in [0.717, 1.165) is 49.7 Å². The summed E-state index contributed by atoms with van der Waals surface area (Å²) in [6.07, 6.45) is 6.63. The molecule has 1 saturated carbocycles. The zero-order valence-electron chi connectivity index (χ0n) is 22.8. The molecule has 2 fully saturated rings. The van der Waals surface area contributed by atoms with Crippen LogP contribution in [0.3, 0.4) is 0 Å². The number of esters is 2. The van der Waals surface area contributed by atoms with Crippen molar-refractivity contribution in [2.24, 2.45) is 22.7 Å². The van der Waals surface area contributed by atoms with Gasteiger partial charge in [-0.15, -0.1) is 0 Å². The number of carbonyl (C=O) groups excluding carboxylic acids is 2. The summed E-state index contributed by atoms with van der Waals surface area (Å²) >= 11 is 0. The molecule has 1 aliphatic heterocycles. The third-order valence-corrected chi connectivity index (χ3v) is 8.76. The van der Waals surface area contributed by atoms with E-state index in [1.54, 1.807) is 7.11 Å². The second-order valence-corrected chi connectivity index (χ2v) is 10.9. The van der Waals surface area contributed by atoms with Crippen LogP contribution in [0.15, 0.2) is 36.5 Å².